The smallest absolute Gasteiger partial charge is 0.336 e. The molecule has 0 aromatic heterocycles. The van der Waals surface area contributed by atoms with E-state index in [-0.39, 0.29) is 5.57 Å². The molecule has 23 heavy (non-hydrogen) atoms. The van der Waals surface area contributed by atoms with Crippen LogP contribution in [0, 0.1) is 11.3 Å². The van der Waals surface area contributed by atoms with E-state index in [1.165, 1.54) is 7.11 Å². The highest BCUT2D eigenvalue weighted by Gasteiger charge is 2.22. The third kappa shape index (κ3) is 4.29. The van der Waals surface area contributed by atoms with Gasteiger partial charge in [-0.2, -0.15) is 5.26 Å². The summed E-state index contributed by atoms with van der Waals surface area (Å²) in [6.45, 7) is 4.13. The summed E-state index contributed by atoms with van der Waals surface area (Å²) in [5.74, 6) is -0.521. The van der Waals surface area contributed by atoms with Crippen LogP contribution in [0.15, 0.2) is 66.7 Å². The summed E-state index contributed by atoms with van der Waals surface area (Å²) in [5.41, 5.74) is 2.49. The number of carbonyl (C=O) groups is 1. The molecule has 1 atom stereocenters. The predicted molar refractivity (Wildman–Crippen MR) is 86.3 cm³/mol. The van der Waals surface area contributed by atoms with Gasteiger partial charge < -0.3 is 9.47 Å². The van der Waals surface area contributed by atoms with Gasteiger partial charge in [-0.15, -0.1) is 0 Å². The molecule has 2 aromatic rings. The lowest BCUT2D eigenvalue weighted by molar-refractivity contribution is -0.137. The number of ether oxygens (including phenoxy) is 2. The molecule has 4 nitrogen and oxygen atoms in total. The zero-order valence-corrected chi connectivity index (χ0v) is 12.9. The first-order chi connectivity index (χ1) is 11.2. The molecule has 0 spiro atoms. The summed E-state index contributed by atoms with van der Waals surface area (Å²) >= 11 is 0. The highest BCUT2D eigenvalue weighted by atomic mass is 16.5. The maximum atomic E-state index is 11.8. The molecule has 0 radical (unpaired) electrons. The third-order valence-corrected chi connectivity index (χ3v) is 3.37. The fourth-order valence-electron chi connectivity index (χ4n) is 2.12. The van der Waals surface area contributed by atoms with E-state index < -0.39 is 12.1 Å². The van der Waals surface area contributed by atoms with E-state index in [2.05, 4.69) is 12.6 Å². The maximum Gasteiger partial charge on any atom is 0.336 e. The highest BCUT2D eigenvalue weighted by molar-refractivity contribution is 5.89. The molecule has 1 unspecified atom stereocenters. The number of esters is 1. The average Bonchev–Trinajstić information content (AvgIpc) is 2.62. The molecule has 0 aliphatic carbocycles. The number of benzene rings is 2. The Morgan fingerprint density at radius 3 is 2.39 bits per heavy atom. The summed E-state index contributed by atoms with van der Waals surface area (Å²) in [7, 11) is 1.31. The second-order valence-corrected chi connectivity index (χ2v) is 4.93. The van der Waals surface area contributed by atoms with Crippen LogP contribution in [0.25, 0.3) is 0 Å². The van der Waals surface area contributed by atoms with Crippen molar-refractivity contribution in [1.29, 1.82) is 5.26 Å². The van der Waals surface area contributed by atoms with Gasteiger partial charge in [0.05, 0.1) is 30.9 Å². The van der Waals surface area contributed by atoms with E-state index >= 15 is 0 Å². The highest BCUT2D eigenvalue weighted by Crippen LogP contribution is 2.27. The van der Waals surface area contributed by atoms with Gasteiger partial charge in [0.2, 0.25) is 0 Å². The SMILES string of the molecule is C=C(C(=O)OC)C(OCc1ccccc1)c1ccc(C#N)cc1. The number of hydrogen-bond donors (Lipinski definition) is 0. The number of nitriles is 1. The van der Waals surface area contributed by atoms with E-state index in [0.29, 0.717) is 12.2 Å². The Kier molecular flexibility index (Phi) is 5.67. The van der Waals surface area contributed by atoms with Crippen molar-refractivity contribution in [3.8, 4) is 6.07 Å². The van der Waals surface area contributed by atoms with Crippen molar-refractivity contribution in [1.82, 2.24) is 0 Å². The summed E-state index contributed by atoms with van der Waals surface area (Å²) in [6.07, 6.45) is -0.629. The lowest BCUT2D eigenvalue weighted by Crippen LogP contribution is -2.15. The first kappa shape index (κ1) is 16.5. The van der Waals surface area contributed by atoms with Gasteiger partial charge in [-0.25, -0.2) is 4.79 Å². The van der Waals surface area contributed by atoms with Crippen molar-refractivity contribution < 1.29 is 14.3 Å². The third-order valence-electron chi connectivity index (χ3n) is 3.37. The first-order valence-electron chi connectivity index (χ1n) is 7.08. The number of nitrogens with zero attached hydrogens (tertiary/aromatic N) is 1. The molecule has 0 fully saturated rings. The Bertz CT molecular complexity index is 715. The summed E-state index contributed by atoms with van der Waals surface area (Å²) in [6, 6.07) is 18.6. The van der Waals surface area contributed by atoms with Crippen LogP contribution in [0.4, 0.5) is 0 Å². The molecule has 2 aromatic carbocycles. The lowest BCUT2D eigenvalue weighted by atomic mass is 10.0. The van der Waals surface area contributed by atoms with Crippen molar-refractivity contribution in [2.45, 2.75) is 12.7 Å². The molecular formula is C19H17NO3. The van der Waals surface area contributed by atoms with Crippen LogP contribution in [-0.4, -0.2) is 13.1 Å². The molecule has 0 amide bonds. The number of carbonyl (C=O) groups excluding carboxylic acids is 1. The van der Waals surface area contributed by atoms with Gasteiger partial charge in [0.25, 0.3) is 0 Å². The standard InChI is InChI=1S/C19H17NO3/c1-14(19(21)22-2)18(17-10-8-15(12-20)9-11-17)23-13-16-6-4-3-5-7-16/h3-11,18H,1,13H2,2H3. The van der Waals surface area contributed by atoms with Crippen molar-refractivity contribution in [2.24, 2.45) is 0 Å². The molecule has 0 saturated heterocycles. The average molecular weight is 307 g/mol. The molecule has 0 saturated carbocycles. The van der Waals surface area contributed by atoms with Crippen LogP contribution in [0.1, 0.15) is 22.8 Å². The van der Waals surface area contributed by atoms with Crippen LogP contribution >= 0.6 is 0 Å². The van der Waals surface area contributed by atoms with Gasteiger partial charge in [-0.05, 0) is 23.3 Å². The zero-order valence-electron chi connectivity index (χ0n) is 12.9. The molecule has 0 bridgehead atoms. The summed E-state index contributed by atoms with van der Waals surface area (Å²) in [5, 5.41) is 8.88. The van der Waals surface area contributed by atoms with E-state index in [0.717, 1.165) is 11.1 Å². The van der Waals surface area contributed by atoms with E-state index in [9.17, 15) is 4.79 Å². The number of hydrogen-bond acceptors (Lipinski definition) is 4. The minimum absolute atomic E-state index is 0.216. The van der Waals surface area contributed by atoms with Crippen LogP contribution < -0.4 is 0 Å². The lowest BCUT2D eigenvalue weighted by Gasteiger charge is -2.19. The molecule has 116 valence electrons. The van der Waals surface area contributed by atoms with E-state index in [1.54, 1.807) is 24.3 Å². The fourth-order valence-corrected chi connectivity index (χ4v) is 2.12. The van der Waals surface area contributed by atoms with Crippen molar-refractivity contribution in [3.05, 3.63) is 83.4 Å². The minimum Gasteiger partial charge on any atom is -0.466 e. The molecule has 0 N–H and O–H groups in total. The van der Waals surface area contributed by atoms with Gasteiger partial charge >= 0.3 is 5.97 Å². The normalized spacial score (nSPS) is 11.3. The molecule has 4 heteroatoms. The second kappa shape index (κ2) is 7.92. The van der Waals surface area contributed by atoms with Gasteiger partial charge in [0.15, 0.2) is 0 Å². The van der Waals surface area contributed by atoms with Gasteiger partial charge in [0.1, 0.15) is 6.10 Å². The van der Waals surface area contributed by atoms with E-state index in [4.69, 9.17) is 14.7 Å². The van der Waals surface area contributed by atoms with Crippen molar-refractivity contribution in [3.63, 3.8) is 0 Å². The molecule has 0 aliphatic rings. The molecule has 2 rings (SSSR count). The monoisotopic (exact) mass is 307 g/mol. The van der Waals surface area contributed by atoms with Gasteiger partial charge in [0, 0.05) is 0 Å². The Hall–Kier alpha value is -2.90. The van der Waals surface area contributed by atoms with Crippen molar-refractivity contribution >= 4 is 5.97 Å². The maximum absolute atomic E-state index is 11.8. The van der Waals surface area contributed by atoms with Crippen molar-refractivity contribution in [2.75, 3.05) is 7.11 Å². The second-order valence-electron chi connectivity index (χ2n) is 4.93. The van der Waals surface area contributed by atoms with Crippen LogP contribution in [-0.2, 0) is 20.9 Å². The topological polar surface area (TPSA) is 59.3 Å². The minimum atomic E-state index is -0.629. The quantitative estimate of drug-likeness (QED) is 0.605. The van der Waals surface area contributed by atoms with Gasteiger partial charge in [-0.3, -0.25) is 0 Å². The molecular weight excluding hydrogens is 290 g/mol. The number of methoxy groups -OCH3 is 1. The summed E-state index contributed by atoms with van der Waals surface area (Å²) in [4.78, 5) is 11.8. The molecule has 0 heterocycles. The largest absolute Gasteiger partial charge is 0.466 e. The fraction of sp³-hybridized carbons (Fsp3) is 0.158. The number of rotatable bonds is 6. The predicted octanol–water partition coefficient (Wildman–Crippen LogP) is 3.55. The Balaban J connectivity index is 2.22. The Morgan fingerprint density at radius 2 is 1.83 bits per heavy atom. The van der Waals surface area contributed by atoms with Crippen LogP contribution in [0.5, 0.6) is 0 Å². The summed E-state index contributed by atoms with van der Waals surface area (Å²) < 4.78 is 10.6. The first-order valence-corrected chi connectivity index (χ1v) is 7.08. The Morgan fingerprint density at radius 1 is 1.17 bits per heavy atom. The van der Waals surface area contributed by atoms with Gasteiger partial charge in [-0.1, -0.05) is 49.0 Å². The molecule has 0 aliphatic heterocycles. The van der Waals surface area contributed by atoms with E-state index in [1.807, 2.05) is 30.3 Å². The Labute approximate surface area is 135 Å². The zero-order chi connectivity index (χ0) is 16.7. The van der Waals surface area contributed by atoms with Crippen LogP contribution in [0.2, 0.25) is 0 Å². The van der Waals surface area contributed by atoms with Crippen LogP contribution in [0.3, 0.4) is 0 Å².